The van der Waals surface area contributed by atoms with Gasteiger partial charge in [-0.05, 0) is 50.2 Å². The van der Waals surface area contributed by atoms with E-state index in [9.17, 15) is 9.59 Å². The molecular formula is C20H27N5O4. The van der Waals surface area contributed by atoms with E-state index < -0.39 is 6.09 Å². The molecule has 3 rings (SSSR count). The predicted molar refractivity (Wildman–Crippen MR) is 107 cm³/mol. The average Bonchev–Trinajstić information content (AvgIpc) is 3.30. The van der Waals surface area contributed by atoms with Crippen molar-refractivity contribution in [3.8, 4) is 5.88 Å². The number of pyridine rings is 1. The van der Waals surface area contributed by atoms with Gasteiger partial charge in [0.2, 0.25) is 11.8 Å². The van der Waals surface area contributed by atoms with Gasteiger partial charge in [0.25, 0.3) is 0 Å². The van der Waals surface area contributed by atoms with Crippen LogP contribution in [0.3, 0.4) is 0 Å². The Bertz CT molecular complexity index is 853. The number of H-pyrrole nitrogens is 1. The van der Waals surface area contributed by atoms with Crippen LogP contribution in [0.4, 0.5) is 10.6 Å². The zero-order chi connectivity index (χ0) is 20.8. The van der Waals surface area contributed by atoms with E-state index in [0.717, 1.165) is 36.9 Å². The summed E-state index contributed by atoms with van der Waals surface area (Å²) >= 11 is 0. The number of ether oxygens (including phenoxy) is 1. The van der Waals surface area contributed by atoms with Gasteiger partial charge in [-0.3, -0.25) is 9.89 Å². The summed E-state index contributed by atoms with van der Waals surface area (Å²) in [5.41, 5.74) is 1.82. The fourth-order valence-corrected chi connectivity index (χ4v) is 4.00. The third kappa shape index (κ3) is 5.94. The second-order valence-electron chi connectivity index (χ2n) is 7.60. The molecule has 2 heterocycles. The maximum atomic E-state index is 12.3. The zero-order valence-electron chi connectivity index (χ0n) is 16.6. The van der Waals surface area contributed by atoms with E-state index in [1.807, 2.05) is 13.0 Å². The predicted octanol–water partition coefficient (Wildman–Crippen LogP) is 2.92. The van der Waals surface area contributed by atoms with Gasteiger partial charge in [0.1, 0.15) is 0 Å². The van der Waals surface area contributed by atoms with Gasteiger partial charge < -0.3 is 20.5 Å². The number of hydrogen-bond acceptors (Lipinski definition) is 5. The summed E-state index contributed by atoms with van der Waals surface area (Å²) in [4.78, 5) is 27.1. The molecule has 0 radical (unpaired) electrons. The number of carboxylic acid groups (broad SMARTS) is 1. The minimum atomic E-state index is -0.980. The Balaban J connectivity index is 1.50. The molecule has 3 unspecified atom stereocenters. The molecule has 1 fully saturated rings. The van der Waals surface area contributed by atoms with Crippen LogP contribution in [0.1, 0.15) is 49.8 Å². The van der Waals surface area contributed by atoms with Gasteiger partial charge in [-0.15, -0.1) is 0 Å². The van der Waals surface area contributed by atoms with Gasteiger partial charge in [0.15, 0.2) is 5.82 Å². The first-order chi connectivity index (χ1) is 13.9. The van der Waals surface area contributed by atoms with E-state index in [0.29, 0.717) is 23.5 Å². The Kier molecular flexibility index (Phi) is 6.69. The molecule has 9 nitrogen and oxygen atoms in total. The molecule has 9 heteroatoms. The maximum Gasteiger partial charge on any atom is 0.404 e. The molecule has 2 aromatic heterocycles. The van der Waals surface area contributed by atoms with E-state index in [-0.39, 0.29) is 18.4 Å². The second kappa shape index (κ2) is 9.40. The largest absolute Gasteiger partial charge is 0.481 e. The summed E-state index contributed by atoms with van der Waals surface area (Å²) < 4.78 is 5.07. The standard InChI is InChI=1S/C20H27N5O4/c1-12(22-20(27)28)7-13-3-4-15(8-13)16-11-17(25-24-16)23-18(26)9-14-5-6-21-19(10-14)29-2/h5-6,10-13,15,22H,3-4,7-9H2,1-2H3,(H,27,28)(H2,23,24,25,26). The number of aromatic nitrogens is 3. The average molecular weight is 401 g/mol. The Morgan fingerprint density at radius 2 is 2.21 bits per heavy atom. The van der Waals surface area contributed by atoms with Crippen LogP contribution < -0.4 is 15.4 Å². The number of aromatic amines is 1. The molecule has 0 aliphatic heterocycles. The lowest BCUT2D eigenvalue weighted by molar-refractivity contribution is -0.115. The monoisotopic (exact) mass is 401 g/mol. The first-order valence-corrected chi connectivity index (χ1v) is 9.76. The fourth-order valence-electron chi connectivity index (χ4n) is 4.00. The number of carbonyl (C=O) groups is 2. The lowest BCUT2D eigenvalue weighted by atomic mass is 9.96. The number of carbonyl (C=O) groups excluding carboxylic acids is 1. The third-order valence-electron chi connectivity index (χ3n) is 5.28. The molecule has 1 aliphatic rings. The number of amides is 2. The van der Waals surface area contributed by atoms with Gasteiger partial charge in [-0.1, -0.05) is 0 Å². The van der Waals surface area contributed by atoms with Crippen LogP contribution in [-0.2, 0) is 11.2 Å². The Hall–Kier alpha value is -3.10. The molecule has 0 bridgehead atoms. The lowest BCUT2D eigenvalue weighted by Gasteiger charge is -2.16. The van der Waals surface area contributed by atoms with Crippen molar-refractivity contribution in [2.75, 3.05) is 12.4 Å². The number of anilines is 1. The highest BCUT2D eigenvalue weighted by Crippen LogP contribution is 2.40. The molecule has 0 saturated heterocycles. The highest BCUT2D eigenvalue weighted by molar-refractivity contribution is 5.91. The van der Waals surface area contributed by atoms with Crippen molar-refractivity contribution in [2.24, 2.45) is 5.92 Å². The summed E-state index contributed by atoms with van der Waals surface area (Å²) in [6, 6.07) is 5.34. The van der Waals surface area contributed by atoms with Gasteiger partial charge >= 0.3 is 6.09 Å². The first-order valence-electron chi connectivity index (χ1n) is 9.76. The normalized spacial score (nSPS) is 19.5. The van der Waals surface area contributed by atoms with Crippen molar-refractivity contribution in [1.29, 1.82) is 0 Å². The number of nitrogens with one attached hydrogen (secondary N) is 3. The van der Waals surface area contributed by atoms with Crippen LogP contribution in [0, 0.1) is 5.92 Å². The first kappa shape index (κ1) is 20.6. The summed E-state index contributed by atoms with van der Waals surface area (Å²) in [7, 11) is 1.54. The van der Waals surface area contributed by atoms with E-state index >= 15 is 0 Å². The van der Waals surface area contributed by atoms with E-state index in [1.165, 1.54) is 7.11 Å². The van der Waals surface area contributed by atoms with Crippen molar-refractivity contribution >= 4 is 17.8 Å². The van der Waals surface area contributed by atoms with Crippen LogP contribution in [-0.4, -0.2) is 45.4 Å². The second-order valence-corrected chi connectivity index (χ2v) is 7.60. The smallest absolute Gasteiger partial charge is 0.404 e. The van der Waals surface area contributed by atoms with Crippen molar-refractivity contribution in [2.45, 2.75) is 51.0 Å². The molecule has 1 aliphatic carbocycles. The molecule has 2 amide bonds. The summed E-state index contributed by atoms with van der Waals surface area (Å²) in [6.07, 6.45) is 4.73. The van der Waals surface area contributed by atoms with Crippen molar-refractivity contribution in [3.63, 3.8) is 0 Å². The zero-order valence-corrected chi connectivity index (χ0v) is 16.6. The van der Waals surface area contributed by atoms with Crippen LogP contribution >= 0.6 is 0 Å². The highest BCUT2D eigenvalue weighted by atomic mass is 16.5. The molecular weight excluding hydrogens is 374 g/mol. The number of nitrogens with zero attached hydrogens (tertiary/aromatic N) is 2. The number of hydrogen-bond donors (Lipinski definition) is 4. The number of rotatable bonds is 8. The van der Waals surface area contributed by atoms with Gasteiger partial charge in [0, 0.05) is 36.0 Å². The summed E-state index contributed by atoms with van der Waals surface area (Å²) in [5, 5.41) is 21.4. The van der Waals surface area contributed by atoms with Gasteiger partial charge in [-0.2, -0.15) is 5.10 Å². The van der Waals surface area contributed by atoms with Crippen LogP contribution in [0.2, 0.25) is 0 Å². The topological polar surface area (TPSA) is 129 Å². The third-order valence-corrected chi connectivity index (χ3v) is 5.28. The Morgan fingerprint density at radius 3 is 2.97 bits per heavy atom. The van der Waals surface area contributed by atoms with Crippen LogP contribution in [0.15, 0.2) is 24.4 Å². The minimum Gasteiger partial charge on any atom is -0.481 e. The summed E-state index contributed by atoms with van der Waals surface area (Å²) in [5.74, 6) is 1.65. The highest BCUT2D eigenvalue weighted by Gasteiger charge is 2.28. The molecule has 156 valence electrons. The molecule has 29 heavy (non-hydrogen) atoms. The van der Waals surface area contributed by atoms with E-state index in [2.05, 4.69) is 25.8 Å². The quantitative estimate of drug-likeness (QED) is 0.538. The van der Waals surface area contributed by atoms with Gasteiger partial charge in [0.05, 0.1) is 13.5 Å². The maximum absolute atomic E-state index is 12.3. The van der Waals surface area contributed by atoms with Crippen molar-refractivity contribution in [3.05, 3.63) is 35.7 Å². The SMILES string of the molecule is COc1cc(CC(=O)Nc2cc(C3CCC(CC(C)NC(=O)O)C3)[nH]n2)ccn1. The van der Waals surface area contributed by atoms with Crippen molar-refractivity contribution < 1.29 is 19.4 Å². The minimum absolute atomic E-state index is 0.0559. The van der Waals surface area contributed by atoms with E-state index in [1.54, 1.807) is 18.3 Å². The van der Waals surface area contributed by atoms with Crippen molar-refractivity contribution in [1.82, 2.24) is 20.5 Å². The summed E-state index contributed by atoms with van der Waals surface area (Å²) in [6.45, 7) is 1.89. The van der Waals surface area contributed by atoms with Crippen LogP contribution in [0.5, 0.6) is 5.88 Å². The molecule has 1 saturated carbocycles. The molecule has 2 aromatic rings. The Morgan fingerprint density at radius 1 is 1.38 bits per heavy atom. The van der Waals surface area contributed by atoms with Crippen LogP contribution in [0.25, 0.3) is 0 Å². The molecule has 4 N–H and O–H groups in total. The lowest BCUT2D eigenvalue weighted by Crippen LogP contribution is -2.32. The Labute approximate surface area is 169 Å². The fraction of sp³-hybridized carbons (Fsp3) is 0.500. The molecule has 3 atom stereocenters. The molecule has 0 aromatic carbocycles. The van der Waals surface area contributed by atoms with Gasteiger partial charge in [-0.25, -0.2) is 9.78 Å². The molecule has 0 spiro atoms. The number of methoxy groups -OCH3 is 1. The van der Waals surface area contributed by atoms with E-state index in [4.69, 9.17) is 9.84 Å².